The van der Waals surface area contributed by atoms with Crippen LogP contribution in [0.3, 0.4) is 0 Å². The van der Waals surface area contributed by atoms with Crippen molar-refractivity contribution in [1.29, 1.82) is 0 Å². The third-order valence-corrected chi connectivity index (χ3v) is 2.68. The Morgan fingerprint density at radius 1 is 1.56 bits per heavy atom. The van der Waals surface area contributed by atoms with E-state index in [1.165, 1.54) is 0 Å². The SMILES string of the molecule is CNCC1CCCN1C(=O)COC(C)C.Cl. The summed E-state index contributed by atoms with van der Waals surface area (Å²) < 4.78 is 5.33. The number of amides is 1. The Morgan fingerprint density at radius 3 is 2.81 bits per heavy atom. The van der Waals surface area contributed by atoms with E-state index in [0.29, 0.717) is 6.04 Å². The van der Waals surface area contributed by atoms with Gasteiger partial charge >= 0.3 is 0 Å². The molecule has 16 heavy (non-hydrogen) atoms. The lowest BCUT2D eigenvalue weighted by Gasteiger charge is -2.24. The predicted molar refractivity (Wildman–Crippen MR) is 67.0 cm³/mol. The van der Waals surface area contributed by atoms with E-state index in [0.717, 1.165) is 25.9 Å². The van der Waals surface area contributed by atoms with Crippen LogP contribution in [0.1, 0.15) is 26.7 Å². The molecule has 1 rings (SSSR count). The largest absolute Gasteiger partial charge is 0.369 e. The number of nitrogens with zero attached hydrogens (tertiary/aromatic N) is 1. The van der Waals surface area contributed by atoms with Gasteiger partial charge in [-0.15, -0.1) is 12.4 Å². The Hall–Kier alpha value is -0.320. The van der Waals surface area contributed by atoms with E-state index in [-0.39, 0.29) is 31.0 Å². The van der Waals surface area contributed by atoms with Crippen molar-refractivity contribution < 1.29 is 9.53 Å². The molecule has 1 aliphatic rings. The molecule has 1 saturated heterocycles. The minimum atomic E-state index is 0. The number of rotatable bonds is 5. The maximum Gasteiger partial charge on any atom is 0.248 e. The van der Waals surface area contributed by atoms with Crippen LogP contribution in [-0.4, -0.2) is 49.7 Å². The van der Waals surface area contributed by atoms with Crippen LogP contribution >= 0.6 is 12.4 Å². The average molecular weight is 251 g/mol. The second kappa shape index (κ2) is 7.87. The molecule has 0 aromatic heterocycles. The van der Waals surface area contributed by atoms with E-state index >= 15 is 0 Å². The lowest BCUT2D eigenvalue weighted by atomic mass is 10.2. The molecular formula is C11H23ClN2O2. The first-order valence-corrected chi connectivity index (χ1v) is 5.70. The molecule has 0 saturated carbocycles. The molecule has 0 spiro atoms. The van der Waals surface area contributed by atoms with Crippen LogP contribution in [0.25, 0.3) is 0 Å². The average Bonchev–Trinajstić information content (AvgIpc) is 2.63. The van der Waals surface area contributed by atoms with Gasteiger partial charge in [0.15, 0.2) is 0 Å². The summed E-state index contributed by atoms with van der Waals surface area (Å²) in [6.45, 7) is 5.88. The summed E-state index contributed by atoms with van der Waals surface area (Å²) in [5.74, 6) is 0.126. The van der Waals surface area contributed by atoms with Gasteiger partial charge in [-0.1, -0.05) is 0 Å². The van der Waals surface area contributed by atoms with Gasteiger partial charge in [-0.25, -0.2) is 0 Å². The third kappa shape index (κ3) is 4.68. The first-order valence-electron chi connectivity index (χ1n) is 5.70. The van der Waals surface area contributed by atoms with Crippen LogP contribution in [0.2, 0.25) is 0 Å². The third-order valence-electron chi connectivity index (χ3n) is 2.68. The smallest absolute Gasteiger partial charge is 0.248 e. The standard InChI is InChI=1S/C11H22N2O2.ClH/c1-9(2)15-8-11(14)13-6-4-5-10(13)7-12-3;/h9-10,12H,4-8H2,1-3H3;1H. The molecule has 1 amide bonds. The fourth-order valence-electron chi connectivity index (χ4n) is 1.93. The van der Waals surface area contributed by atoms with Crippen molar-refractivity contribution in [2.45, 2.75) is 38.8 Å². The second-order valence-electron chi connectivity index (χ2n) is 4.30. The zero-order chi connectivity index (χ0) is 11.3. The number of carbonyl (C=O) groups is 1. The van der Waals surface area contributed by atoms with Crippen LogP contribution in [-0.2, 0) is 9.53 Å². The Bertz CT molecular complexity index is 212. The van der Waals surface area contributed by atoms with Crippen LogP contribution in [0.4, 0.5) is 0 Å². The first kappa shape index (κ1) is 15.7. The van der Waals surface area contributed by atoms with Gasteiger partial charge in [0, 0.05) is 19.1 Å². The van der Waals surface area contributed by atoms with Crippen molar-refractivity contribution in [3.8, 4) is 0 Å². The van der Waals surface area contributed by atoms with Gasteiger partial charge in [0.05, 0.1) is 6.10 Å². The molecule has 4 nitrogen and oxygen atoms in total. The monoisotopic (exact) mass is 250 g/mol. The number of nitrogens with one attached hydrogen (secondary N) is 1. The van der Waals surface area contributed by atoms with Crippen molar-refractivity contribution in [3.05, 3.63) is 0 Å². The molecule has 1 aliphatic heterocycles. The molecule has 0 radical (unpaired) electrons. The molecule has 1 unspecified atom stereocenters. The maximum absolute atomic E-state index is 11.8. The fraction of sp³-hybridized carbons (Fsp3) is 0.909. The highest BCUT2D eigenvalue weighted by molar-refractivity contribution is 5.85. The van der Waals surface area contributed by atoms with E-state index in [1.54, 1.807) is 0 Å². The summed E-state index contributed by atoms with van der Waals surface area (Å²) in [5, 5.41) is 3.12. The maximum atomic E-state index is 11.8. The predicted octanol–water partition coefficient (Wildman–Crippen LogP) is 1.04. The minimum Gasteiger partial charge on any atom is -0.369 e. The van der Waals surface area contributed by atoms with E-state index in [4.69, 9.17) is 4.74 Å². The van der Waals surface area contributed by atoms with Gasteiger partial charge in [0.2, 0.25) is 5.91 Å². The molecular weight excluding hydrogens is 228 g/mol. The first-order chi connectivity index (χ1) is 7.15. The Balaban J connectivity index is 0.00000225. The highest BCUT2D eigenvalue weighted by Crippen LogP contribution is 2.16. The van der Waals surface area contributed by atoms with Gasteiger partial charge in [-0.2, -0.15) is 0 Å². The molecule has 1 N–H and O–H groups in total. The van der Waals surface area contributed by atoms with Crippen LogP contribution in [0, 0.1) is 0 Å². The number of likely N-dealkylation sites (tertiary alicyclic amines) is 1. The lowest BCUT2D eigenvalue weighted by Crippen LogP contribution is -2.42. The highest BCUT2D eigenvalue weighted by Gasteiger charge is 2.27. The summed E-state index contributed by atoms with van der Waals surface area (Å²) in [6, 6.07) is 0.360. The lowest BCUT2D eigenvalue weighted by molar-refractivity contribution is -0.138. The molecule has 0 aromatic carbocycles. The molecule has 1 heterocycles. The van der Waals surface area contributed by atoms with Crippen LogP contribution in [0.15, 0.2) is 0 Å². The molecule has 5 heteroatoms. The second-order valence-corrected chi connectivity index (χ2v) is 4.30. The van der Waals surface area contributed by atoms with Gasteiger partial charge in [-0.05, 0) is 33.7 Å². The van der Waals surface area contributed by atoms with Crippen molar-refractivity contribution in [2.24, 2.45) is 0 Å². The minimum absolute atomic E-state index is 0. The summed E-state index contributed by atoms with van der Waals surface area (Å²) in [6.07, 6.45) is 2.34. The number of halogens is 1. The van der Waals surface area contributed by atoms with Gasteiger partial charge in [0.25, 0.3) is 0 Å². The Kier molecular flexibility index (Phi) is 7.72. The topological polar surface area (TPSA) is 41.6 Å². The number of hydrogen-bond donors (Lipinski definition) is 1. The molecule has 1 fully saturated rings. The van der Waals surface area contributed by atoms with E-state index in [9.17, 15) is 4.79 Å². The Morgan fingerprint density at radius 2 is 2.25 bits per heavy atom. The number of ether oxygens (including phenoxy) is 1. The van der Waals surface area contributed by atoms with Gasteiger partial charge < -0.3 is 15.0 Å². The van der Waals surface area contributed by atoms with Crippen LogP contribution in [0.5, 0.6) is 0 Å². The fourth-order valence-corrected chi connectivity index (χ4v) is 1.93. The van der Waals surface area contributed by atoms with Gasteiger partial charge in [-0.3, -0.25) is 4.79 Å². The normalized spacial score (nSPS) is 20.0. The summed E-state index contributed by atoms with van der Waals surface area (Å²) in [4.78, 5) is 13.8. The van der Waals surface area contributed by atoms with Crippen molar-refractivity contribution in [3.63, 3.8) is 0 Å². The molecule has 0 bridgehead atoms. The summed E-state index contributed by atoms with van der Waals surface area (Å²) in [5.41, 5.74) is 0. The molecule has 96 valence electrons. The van der Waals surface area contributed by atoms with E-state index in [1.807, 2.05) is 25.8 Å². The van der Waals surface area contributed by atoms with E-state index < -0.39 is 0 Å². The molecule has 1 atom stereocenters. The zero-order valence-corrected chi connectivity index (χ0v) is 11.2. The Labute approximate surface area is 104 Å². The zero-order valence-electron chi connectivity index (χ0n) is 10.4. The van der Waals surface area contributed by atoms with Gasteiger partial charge in [0.1, 0.15) is 6.61 Å². The summed E-state index contributed by atoms with van der Waals surface area (Å²) >= 11 is 0. The van der Waals surface area contributed by atoms with E-state index in [2.05, 4.69) is 5.32 Å². The quantitative estimate of drug-likeness (QED) is 0.793. The number of carbonyl (C=O) groups excluding carboxylic acids is 1. The van der Waals surface area contributed by atoms with Crippen molar-refractivity contribution in [1.82, 2.24) is 10.2 Å². The van der Waals surface area contributed by atoms with Crippen molar-refractivity contribution >= 4 is 18.3 Å². The number of likely N-dealkylation sites (N-methyl/N-ethyl adjacent to an activating group) is 1. The number of hydrogen-bond acceptors (Lipinski definition) is 3. The summed E-state index contributed by atoms with van der Waals surface area (Å²) in [7, 11) is 1.92. The molecule has 0 aliphatic carbocycles. The van der Waals surface area contributed by atoms with Crippen molar-refractivity contribution in [2.75, 3.05) is 26.7 Å². The molecule has 0 aromatic rings. The highest BCUT2D eigenvalue weighted by atomic mass is 35.5. The van der Waals surface area contributed by atoms with Crippen LogP contribution < -0.4 is 5.32 Å².